The predicted octanol–water partition coefficient (Wildman–Crippen LogP) is 1.90. The quantitative estimate of drug-likeness (QED) is 0.732. The summed E-state index contributed by atoms with van der Waals surface area (Å²) in [7, 11) is 0. The maximum absolute atomic E-state index is 11.2. The normalized spacial score (nSPS) is 9.75. The van der Waals surface area contributed by atoms with Gasteiger partial charge in [-0.1, -0.05) is 6.92 Å². The van der Waals surface area contributed by atoms with Crippen LogP contribution in [0.2, 0.25) is 0 Å². The number of rotatable bonds is 3. The van der Waals surface area contributed by atoms with E-state index in [2.05, 4.69) is 0 Å². The Labute approximate surface area is 75.1 Å². The monoisotopic (exact) mass is 185 g/mol. The zero-order chi connectivity index (χ0) is 8.97. The molecule has 0 radical (unpaired) electrons. The van der Waals surface area contributed by atoms with Crippen molar-refractivity contribution in [2.24, 2.45) is 0 Å². The van der Waals surface area contributed by atoms with Gasteiger partial charge in [0.05, 0.1) is 12.2 Å². The predicted molar refractivity (Wildman–Crippen MR) is 49.3 cm³/mol. The fourth-order valence-electron chi connectivity index (χ4n) is 0.762. The summed E-state index contributed by atoms with van der Waals surface area (Å²) in [4.78, 5) is 11.2. The first-order chi connectivity index (χ1) is 5.75. The smallest absolute Gasteiger partial charge is 0.341 e. The van der Waals surface area contributed by atoms with Gasteiger partial charge in [-0.3, -0.25) is 0 Å². The number of esters is 1. The van der Waals surface area contributed by atoms with Crippen molar-refractivity contribution >= 4 is 22.3 Å². The Hall–Kier alpha value is -1.03. The van der Waals surface area contributed by atoms with E-state index >= 15 is 0 Å². The van der Waals surface area contributed by atoms with Crippen molar-refractivity contribution in [2.45, 2.75) is 13.3 Å². The largest absolute Gasteiger partial charge is 0.462 e. The number of hydrogen-bond acceptors (Lipinski definition) is 4. The van der Waals surface area contributed by atoms with Crippen LogP contribution in [0.5, 0.6) is 0 Å². The molecular formula is C8H11NO2S. The molecule has 0 amide bonds. The van der Waals surface area contributed by atoms with Crippen molar-refractivity contribution in [1.29, 1.82) is 0 Å². The molecule has 0 spiro atoms. The maximum atomic E-state index is 11.2. The van der Waals surface area contributed by atoms with Crippen LogP contribution in [0.3, 0.4) is 0 Å². The van der Waals surface area contributed by atoms with Crippen LogP contribution in [0, 0.1) is 0 Å². The minimum absolute atomic E-state index is 0.324. The SMILES string of the molecule is CCCOC(=O)c1ccsc1N. The standard InChI is InChI=1S/C8H11NO2S/c1-2-4-11-8(10)6-3-5-12-7(6)9/h3,5H,2,4,9H2,1H3. The summed E-state index contributed by atoms with van der Waals surface area (Å²) in [5, 5.41) is 2.30. The van der Waals surface area contributed by atoms with Crippen LogP contribution in [0.1, 0.15) is 23.7 Å². The first-order valence-corrected chi connectivity index (χ1v) is 4.63. The summed E-state index contributed by atoms with van der Waals surface area (Å²) in [6.45, 7) is 2.40. The molecule has 0 aliphatic rings. The minimum atomic E-state index is -0.324. The number of anilines is 1. The number of carbonyl (C=O) groups excluding carboxylic acids is 1. The fraction of sp³-hybridized carbons (Fsp3) is 0.375. The van der Waals surface area contributed by atoms with Gasteiger partial charge in [0.15, 0.2) is 0 Å². The second-order valence-electron chi connectivity index (χ2n) is 2.33. The Balaban J connectivity index is 2.59. The Morgan fingerprint density at radius 3 is 3.00 bits per heavy atom. The van der Waals surface area contributed by atoms with Gasteiger partial charge in [0.1, 0.15) is 5.00 Å². The maximum Gasteiger partial charge on any atom is 0.341 e. The van der Waals surface area contributed by atoms with Gasteiger partial charge in [-0.15, -0.1) is 11.3 Å². The molecule has 0 saturated heterocycles. The van der Waals surface area contributed by atoms with Crippen LogP contribution >= 0.6 is 11.3 Å². The lowest BCUT2D eigenvalue weighted by Crippen LogP contribution is -2.06. The lowest BCUT2D eigenvalue weighted by atomic mass is 10.3. The molecule has 0 fully saturated rings. The number of nitrogen functional groups attached to an aromatic ring is 1. The van der Waals surface area contributed by atoms with Crippen LogP contribution < -0.4 is 5.73 Å². The van der Waals surface area contributed by atoms with Gasteiger partial charge >= 0.3 is 5.97 Å². The van der Waals surface area contributed by atoms with Crippen LogP contribution in [0.4, 0.5) is 5.00 Å². The molecule has 0 aliphatic heterocycles. The van der Waals surface area contributed by atoms with E-state index in [0.29, 0.717) is 17.2 Å². The second kappa shape index (κ2) is 4.11. The van der Waals surface area contributed by atoms with E-state index < -0.39 is 0 Å². The number of nitrogens with two attached hydrogens (primary N) is 1. The van der Waals surface area contributed by atoms with Crippen LogP contribution in [0.15, 0.2) is 11.4 Å². The van der Waals surface area contributed by atoms with Gasteiger partial charge in [-0.25, -0.2) is 4.79 Å². The third-order valence-corrected chi connectivity index (χ3v) is 2.10. The first kappa shape index (κ1) is 9.06. The molecule has 1 heterocycles. The summed E-state index contributed by atoms with van der Waals surface area (Å²) < 4.78 is 4.90. The van der Waals surface area contributed by atoms with Crippen LogP contribution in [-0.2, 0) is 4.74 Å². The molecule has 0 unspecified atom stereocenters. The van der Waals surface area contributed by atoms with Crippen molar-refractivity contribution in [3.05, 3.63) is 17.0 Å². The average molecular weight is 185 g/mol. The Morgan fingerprint density at radius 2 is 2.50 bits per heavy atom. The van der Waals surface area contributed by atoms with Gasteiger partial charge < -0.3 is 10.5 Å². The van der Waals surface area contributed by atoms with E-state index in [0.717, 1.165) is 6.42 Å². The third kappa shape index (κ3) is 1.98. The van der Waals surface area contributed by atoms with Crippen molar-refractivity contribution in [3.63, 3.8) is 0 Å². The molecule has 0 aromatic carbocycles. The zero-order valence-corrected chi connectivity index (χ0v) is 7.69. The van der Waals surface area contributed by atoms with E-state index in [1.165, 1.54) is 11.3 Å². The van der Waals surface area contributed by atoms with Crippen molar-refractivity contribution < 1.29 is 9.53 Å². The molecule has 1 rings (SSSR count). The molecule has 66 valence electrons. The molecule has 12 heavy (non-hydrogen) atoms. The second-order valence-corrected chi connectivity index (χ2v) is 3.28. The molecule has 1 aromatic rings. The number of hydrogen-bond donors (Lipinski definition) is 1. The summed E-state index contributed by atoms with van der Waals surface area (Å²) in [6, 6.07) is 1.68. The molecule has 3 nitrogen and oxygen atoms in total. The van der Waals surface area contributed by atoms with Crippen LogP contribution in [-0.4, -0.2) is 12.6 Å². The summed E-state index contributed by atoms with van der Waals surface area (Å²) in [5.41, 5.74) is 6.01. The van der Waals surface area contributed by atoms with E-state index in [1.54, 1.807) is 11.4 Å². The lowest BCUT2D eigenvalue weighted by molar-refractivity contribution is 0.0507. The topological polar surface area (TPSA) is 52.3 Å². The van der Waals surface area contributed by atoms with Gasteiger partial charge in [0.2, 0.25) is 0 Å². The number of carbonyl (C=O) groups is 1. The van der Waals surface area contributed by atoms with Gasteiger partial charge in [-0.05, 0) is 17.9 Å². The lowest BCUT2D eigenvalue weighted by Gasteiger charge is -2.00. The van der Waals surface area contributed by atoms with E-state index in [4.69, 9.17) is 10.5 Å². The Bertz CT molecular complexity index is 270. The van der Waals surface area contributed by atoms with E-state index in [1.807, 2.05) is 6.92 Å². The third-order valence-electron chi connectivity index (χ3n) is 1.35. The highest BCUT2D eigenvalue weighted by atomic mass is 32.1. The van der Waals surface area contributed by atoms with Crippen molar-refractivity contribution in [2.75, 3.05) is 12.3 Å². The molecule has 0 saturated carbocycles. The molecule has 2 N–H and O–H groups in total. The summed E-state index contributed by atoms with van der Waals surface area (Å²) in [6.07, 6.45) is 0.829. The minimum Gasteiger partial charge on any atom is -0.462 e. The fourth-order valence-corrected chi connectivity index (χ4v) is 1.39. The molecule has 0 aliphatic carbocycles. The first-order valence-electron chi connectivity index (χ1n) is 3.75. The zero-order valence-electron chi connectivity index (χ0n) is 6.87. The molecule has 1 aromatic heterocycles. The van der Waals surface area contributed by atoms with Crippen molar-refractivity contribution in [1.82, 2.24) is 0 Å². The highest BCUT2D eigenvalue weighted by molar-refractivity contribution is 7.14. The number of ether oxygens (including phenoxy) is 1. The van der Waals surface area contributed by atoms with Gasteiger partial charge in [0.25, 0.3) is 0 Å². The Kier molecular flexibility index (Phi) is 3.10. The summed E-state index contributed by atoms with van der Waals surface area (Å²) in [5.74, 6) is -0.324. The Morgan fingerprint density at radius 1 is 1.75 bits per heavy atom. The van der Waals surface area contributed by atoms with E-state index in [9.17, 15) is 4.79 Å². The molecular weight excluding hydrogens is 174 g/mol. The molecule has 0 bridgehead atoms. The summed E-state index contributed by atoms with van der Waals surface area (Å²) >= 11 is 1.34. The molecule has 0 atom stereocenters. The van der Waals surface area contributed by atoms with Gasteiger partial charge in [-0.2, -0.15) is 0 Å². The molecule has 4 heteroatoms. The average Bonchev–Trinajstić information content (AvgIpc) is 2.47. The highest BCUT2D eigenvalue weighted by Crippen LogP contribution is 2.19. The number of thiophene rings is 1. The highest BCUT2D eigenvalue weighted by Gasteiger charge is 2.10. The van der Waals surface area contributed by atoms with Crippen LogP contribution in [0.25, 0.3) is 0 Å². The van der Waals surface area contributed by atoms with E-state index in [-0.39, 0.29) is 5.97 Å². The van der Waals surface area contributed by atoms with Crippen molar-refractivity contribution in [3.8, 4) is 0 Å². The van der Waals surface area contributed by atoms with Gasteiger partial charge in [0, 0.05) is 0 Å².